The highest BCUT2D eigenvalue weighted by Crippen LogP contribution is 2.15. The normalized spacial score (nSPS) is 10.2. The molecule has 0 fully saturated rings. The minimum atomic E-state index is -0.152. The van der Waals surface area contributed by atoms with Crippen molar-refractivity contribution in [1.82, 2.24) is 0 Å². The summed E-state index contributed by atoms with van der Waals surface area (Å²) in [5.74, 6) is -0.278. The molecule has 0 aliphatic rings. The maximum Gasteiger partial charge on any atom is 0.255 e. The highest BCUT2D eigenvalue weighted by atomic mass is 127. The molecule has 0 saturated heterocycles. The zero-order valence-electron chi connectivity index (χ0n) is 15.3. The van der Waals surface area contributed by atoms with Crippen molar-refractivity contribution >= 4 is 51.5 Å². The molecule has 28 heavy (non-hydrogen) atoms. The van der Waals surface area contributed by atoms with Crippen molar-refractivity contribution < 1.29 is 9.59 Å². The zero-order valence-corrected chi connectivity index (χ0v) is 17.5. The Morgan fingerprint density at radius 1 is 0.821 bits per heavy atom. The van der Waals surface area contributed by atoms with Gasteiger partial charge in [-0.3, -0.25) is 9.59 Å². The van der Waals surface area contributed by atoms with Crippen LogP contribution in [-0.4, -0.2) is 18.4 Å². The van der Waals surface area contributed by atoms with Crippen LogP contribution < -0.4 is 16.0 Å². The lowest BCUT2D eigenvalue weighted by molar-refractivity contribution is -0.114. The second-order valence-electron chi connectivity index (χ2n) is 6.31. The molecule has 3 N–H and O–H groups in total. The lowest BCUT2D eigenvalue weighted by atomic mass is 10.1. The van der Waals surface area contributed by atoms with Gasteiger partial charge in [0.25, 0.3) is 5.91 Å². The second-order valence-corrected chi connectivity index (χ2v) is 7.56. The van der Waals surface area contributed by atoms with Gasteiger partial charge in [0, 0.05) is 26.2 Å². The van der Waals surface area contributed by atoms with Gasteiger partial charge >= 0.3 is 0 Å². The molecule has 3 aromatic rings. The van der Waals surface area contributed by atoms with E-state index in [0.717, 1.165) is 20.5 Å². The van der Waals surface area contributed by atoms with Crippen molar-refractivity contribution in [3.63, 3.8) is 0 Å². The number of aryl methyl sites for hydroxylation is 1. The molecule has 0 atom stereocenters. The van der Waals surface area contributed by atoms with E-state index >= 15 is 0 Å². The molecular formula is C22H20IN3O2. The summed E-state index contributed by atoms with van der Waals surface area (Å²) in [7, 11) is 0. The van der Waals surface area contributed by atoms with Gasteiger partial charge in [0.1, 0.15) is 0 Å². The molecule has 3 rings (SSSR count). The molecule has 0 radical (unpaired) electrons. The molecule has 0 heterocycles. The van der Waals surface area contributed by atoms with E-state index < -0.39 is 0 Å². The fourth-order valence-corrected chi connectivity index (χ4v) is 2.94. The van der Waals surface area contributed by atoms with Crippen molar-refractivity contribution in [2.24, 2.45) is 0 Å². The Labute approximate surface area is 177 Å². The Hall–Kier alpha value is -2.87. The predicted molar refractivity (Wildman–Crippen MR) is 122 cm³/mol. The minimum Gasteiger partial charge on any atom is -0.376 e. The molecule has 5 nitrogen and oxygen atoms in total. The van der Waals surface area contributed by atoms with Gasteiger partial charge in [-0.15, -0.1) is 0 Å². The van der Waals surface area contributed by atoms with Gasteiger partial charge in [0.05, 0.1) is 6.54 Å². The van der Waals surface area contributed by atoms with Gasteiger partial charge in [0.15, 0.2) is 0 Å². The zero-order chi connectivity index (χ0) is 19.9. The van der Waals surface area contributed by atoms with Gasteiger partial charge in [-0.05, 0) is 90.2 Å². The van der Waals surface area contributed by atoms with Crippen LogP contribution in [0.25, 0.3) is 0 Å². The molecule has 0 bridgehead atoms. The van der Waals surface area contributed by atoms with E-state index in [2.05, 4.69) is 38.5 Å². The smallest absolute Gasteiger partial charge is 0.255 e. The molecule has 0 unspecified atom stereocenters. The molecular weight excluding hydrogens is 465 g/mol. The van der Waals surface area contributed by atoms with Crippen molar-refractivity contribution in [1.29, 1.82) is 0 Å². The van der Waals surface area contributed by atoms with Crippen LogP contribution in [0.15, 0.2) is 72.8 Å². The fourth-order valence-electron chi connectivity index (χ4n) is 2.58. The van der Waals surface area contributed by atoms with Gasteiger partial charge in [-0.2, -0.15) is 0 Å². The number of amides is 2. The third-order valence-electron chi connectivity index (χ3n) is 4.00. The van der Waals surface area contributed by atoms with Crippen molar-refractivity contribution in [2.75, 3.05) is 22.5 Å². The van der Waals surface area contributed by atoms with Crippen LogP contribution in [-0.2, 0) is 4.79 Å². The fraction of sp³-hybridized carbons (Fsp3) is 0.0909. The SMILES string of the molecule is Cc1cccc(C(=O)Nc2ccc(NCC(=O)Nc3ccc(I)cc3)cc2)c1. The number of anilines is 3. The van der Waals surface area contributed by atoms with E-state index in [1.54, 1.807) is 18.2 Å². The van der Waals surface area contributed by atoms with Crippen molar-refractivity contribution in [3.05, 3.63) is 87.5 Å². The summed E-state index contributed by atoms with van der Waals surface area (Å²) in [6.07, 6.45) is 0. The van der Waals surface area contributed by atoms with Gasteiger partial charge in [-0.25, -0.2) is 0 Å². The van der Waals surface area contributed by atoms with E-state index in [-0.39, 0.29) is 18.4 Å². The maximum atomic E-state index is 12.3. The van der Waals surface area contributed by atoms with Crippen LogP contribution >= 0.6 is 22.6 Å². The predicted octanol–water partition coefficient (Wildman–Crippen LogP) is 4.90. The summed E-state index contributed by atoms with van der Waals surface area (Å²) in [6.45, 7) is 2.10. The Balaban J connectivity index is 1.50. The lowest BCUT2D eigenvalue weighted by Crippen LogP contribution is -2.21. The molecule has 2 amide bonds. The number of carbonyl (C=O) groups excluding carboxylic acids is 2. The van der Waals surface area contributed by atoms with Gasteiger partial charge in [0.2, 0.25) is 5.91 Å². The Kier molecular flexibility index (Phi) is 6.65. The van der Waals surface area contributed by atoms with E-state index in [1.807, 2.05) is 61.5 Å². The third kappa shape index (κ3) is 5.82. The van der Waals surface area contributed by atoms with Crippen LogP contribution in [0.3, 0.4) is 0 Å². The van der Waals surface area contributed by atoms with Gasteiger partial charge in [-0.1, -0.05) is 17.7 Å². The van der Waals surface area contributed by atoms with Crippen LogP contribution in [0.4, 0.5) is 17.1 Å². The van der Waals surface area contributed by atoms with E-state index in [4.69, 9.17) is 0 Å². The Bertz CT molecular complexity index is 970. The molecule has 0 aromatic heterocycles. The van der Waals surface area contributed by atoms with Crippen LogP contribution in [0.2, 0.25) is 0 Å². The number of carbonyl (C=O) groups is 2. The largest absolute Gasteiger partial charge is 0.376 e. The summed E-state index contributed by atoms with van der Waals surface area (Å²) < 4.78 is 1.11. The first-order valence-electron chi connectivity index (χ1n) is 8.77. The third-order valence-corrected chi connectivity index (χ3v) is 4.72. The highest BCUT2D eigenvalue weighted by molar-refractivity contribution is 14.1. The van der Waals surface area contributed by atoms with E-state index in [9.17, 15) is 9.59 Å². The number of hydrogen-bond donors (Lipinski definition) is 3. The van der Waals surface area contributed by atoms with Crippen molar-refractivity contribution in [2.45, 2.75) is 6.92 Å². The molecule has 0 aliphatic heterocycles. The van der Waals surface area contributed by atoms with Crippen LogP contribution in [0.1, 0.15) is 15.9 Å². The van der Waals surface area contributed by atoms with Crippen LogP contribution in [0.5, 0.6) is 0 Å². The Morgan fingerprint density at radius 2 is 1.43 bits per heavy atom. The Morgan fingerprint density at radius 3 is 2.11 bits per heavy atom. The number of nitrogens with one attached hydrogen (secondary N) is 3. The average Bonchev–Trinajstić information content (AvgIpc) is 2.69. The van der Waals surface area contributed by atoms with Crippen molar-refractivity contribution in [3.8, 4) is 0 Å². The standard InChI is InChI=1S/C22H20IN3O2/c1-15-3-2-4-16(13-15)22(28)26-20-11-9-18(10-12-20)24-14-21(27)25-19-7-5-17(23)6-8-19/h2-13,24H,14H2,1H3,(H,25,27)(H,26,28). The first kappa shape index (κ1) is 19.9. The average molecular weight is 485 g/mol. The molecule has 142 valence electrons. The lowest BCUT2D eigenvalue weighted by Gasteiger charge is -2.10. The van der Waals surface area contributed by atoms with E-state index in [1.165, 1.54) is 0 Å². The monoisotopic (exact) mass is 485 g/mol. The number of hydrogen-bond acceptors (Lipinski definition) is 3. The summed E-state index contributed by atoms with van der Waals surface area (Å²) in [6, 6.07) is 22.3. The molecule has 6 heteroatoms. The summed E-state index contributed by atoms with van der Waals surface area (Å²) in [5.41, 5.74) is 3.92. The first-order valence-corrected chi connectivity index (χ1v) is 9.85. The minimum absolute atomic E-state index is 0.127. The number of halogens is 1. The number of benzene rings is 3. The highest BCUT2D eigenvalue weighted by Gasteiger charge is 2.06. The number of rotatable bonds is 6. The molecule has 0 saturated carbocycles. The quantitative estimate of drug-likeness (QED) is 0.435. The van der Waals surface area contributed by atoms with Crippen LogP contribution in [0, 0.1) is 10.5 Å². The summed E-state index contributed by atoms with van der Waals surface area (Å²) in [5, 5.41) is 8.78. The molecule has 3 aromatic carbocycles. The maximum absolute atomic E-state index is 12.3. The van der Waals surface area contributed by atoms with Gasteiger partial charge < -0.3 is 16.0 Å². The molecule has 0 spiro atoms. The summed E-state index contributed by atoms with van der Waals surface area (Å²) >= 11 is 2.22. The topological polar surface area (TPSA) is 70.2 Å². The van der Waals surface area contributed by atoms with E-state index in [0.29, 0.717) is 11.3 Å². The molecule has 0 aliphatic carbocycles. The summed E-state index contributed by atoms with van der Waals surface area (Å²) in [4.78, 5) is 24.3. The second kappa shape index (κ2) is 9.36. The first-order chi connectivity index (χ1) is 13.5.